The van der Waals surface area contributed by atoms with Crippen LogP contribution in [-0.2, 0) is 4.74 Å². The van der Waals surface area contributed by atoms with E-state index in [0.29, 0.717) is 13.2 Å². The number of aryl methyl sites for hydroxylation is 1. The molecular weight excluding hydrogens is 266 g/mol. The number of hydrogen-bond donors (Lipinski definition) is 2. The van der Waals surface area contributed by atoms with Crippen LogP contribution in [0.15, 0.2) is 18.2 Å². The lowest BCUT2D eigenvalue weighted by Gasteiger charge is -2.44. The van der Waals surface area contributed by atoms with Crippen molar-refractivity contribution in [2.24, 2.45) is 5.84 Å². The van der Waals surface area contributed by atoms with Gasteiger partial charge in [0.2, 0.25) is 0 Å². The number of fused-ring (bicyclic) bond motifs is 1. The largest absolute Gasteiger partial charge is 0.374 e. The van der Waals surface area contributed by atoms with Gasteiger partial charge in [0.1, 0.15) is 0 Å². The number of carbonyl (C=O) groups excluding carboxylic acids is 1. The first-order chi connectivity index (χ1) is 10.2. The average molecular weight is 289 g/mol. The number of benzene rings is 1. The van der Waals surface area contributed by atoms with Gasteiger partial charge in [-0.3, -0.25) is 10.6 Å². The molecule has 1 heterocycles. The molecule has 21 heavy (non-hydrogen) atoms. The Hall–Kier alpha value is -1.59. The van der Waals surface area contributed by atoms with Crippen LogP contribution in [0.1, 0.15) is 41.6 Å². The molecule has 0 spiro atoms. The number of hydrazine groups is 1. The summed E-state index contributed by atoms with van der Waals surface area (Å²) < 4.78 is 5.84. The lowest BCUT2D eigenvalue weighted by molar-refractivity contribution is -0.0753. The number of amides is 1. The molecule has 1 aromatic rings. The molecular formula is C16H23N3O2. The van der Waals surface area contributed by atoms with Crippen LogP contribution in [0.4, 0.5) is 5.69 Å². The van der Waals surface area contributed by atoms with Crippen molar-refractivity contribution in [2.45, 2.75) is 44.8 Å². The number of morpholine rings is 1. The number of carbonyl (C=O) groups is 1. The van der Waals surface area contributed by atoms with Gasteiger partial charge in [-0.1, -0.05) is 12.8 Å². The van der Waals surface area contributed by atoms with Crippen molar-refractivity contribution in [3.63, 3.8) is 0 Å². The van der Waals surface area contributed by atoms with Crippen molar-refractivity contribution in [2.75, 3.05) is 18.6 Å². The molecule has 1 aliphatic heterocycles. The second kappa shape index (κ2) is 6.03. The topological polar surface area (TPSA) is 67.6 Å². The Bertz CT molecular complexity index is 530. The Morgan fingerprint density at radius 3 is 2.95 bits per heavy atom. The number of nitrogen functional groups attached to an aromatic ring is 1. The van der Waals surface area contributed by atoms with Gasteiger partial charge in [-0.2, -0.15) is 0 Å². The molecule has 1 amide bonds. The summed E-state index contributed by atoms with van der Waals surface area (Å²) in [7, 11) is 0. The van der Waals surface area contributed by atoms with E-state index in [1.807, 2.05) is 30.0 Å². The molecule has 0 bridgehead atoms. The summed E-state index contributed by atoms with van der Waals surface area (Å²) in [6, 6.07) is 5.86. The molecule has 1 aromatic carbocycles. The summed E-state index contributed by atoms with van der Waals surface area (Å²) in [4.78, 5) is 14.9. The predicted molar refractivity (Wildman–Crippen MR) is 82.0 cm³/mol. The average Bonchev–Trinajstić information content (AvgIpc) is 2.53. The molecule has 5 nitrogen and oxygen atoms in total. The molecule has 2 aliphatic rings. The highest BCUT2D eigenvalue weighted by atomic mass is 16.5. The van der Waals surface area contributed by atoms with E-state index in [0.717, 1.165) is 29.7 Å². The molecule has 2 unspecified atom stereocenters. The van der Waals surface area contributed by atoms with Crippen LogP contribution >= 0.6 is 0 Å². The van der Waals surface area contributed by atoms with Crippen molar-refractivity contribution in [1.82, 2.24) is 4.90 Å². The fourth-order valence-corrected chi connectivity index (χ4v) is 3.50. The van der Waals surface area contributed by atoms with Crippen LogP contribution in [0.5, 0.6) is 0 Å². The highest BCUT2D eigenvalue weighted by Crippen LogP contribution is 2.30. The molecule has 5 heteroatoms. The standard InChI is InChI=1S/C16H23N3O2/c1-11-10-12(18-17)6-7-13(11)16(20)19-8-9-21-15-5-3-2-4-14(15)19/h6-7,10,14-15,18H,2-5,8-9,17H2,1H3. The van der Waals surface area contributed by atoms with Crippen LogP contribution in [0.25, 0.3) is 0 Å². The van der Waals surface area contributed by atoms with Gasteiger partial charge in [0.25, 0.3) is 5.91 Å². The Balaban J connectivity index is 1.83. The van der Waals surface area contributed by atoms with Crippen molar-refractivity contribution < 1.29 is 9.53 Å². The SMILES string of the molecule is Cc1cc(NN)ccc1C(=O)N1CCOC2CCCCC21. The first kappa shape index (κ1) is 14.4. The smallest absolute Gasteiger partial charge is 0.254 e. The quantitative estimate of drug-likeness (QED) is 0.646. The fraction of sp³-hybridized carbons (Fsp3) is 0.562. The Kier molecular flexibility index (Phi) is 4.12. The van der Waals surface area contributed by atoms with Gasteiger partial charge in [0.05, 0.1) is 18.8 Å². The third-order valence-corrected chi connectivity index (χ3v) is 4.62. The summed E-state index contributed by atoms with van der Waals surface area (Å²) in [6.07, 6.45) is 4.74. The van der Waals surface area contributed by atoms with Crippen molar-refractivity contribution in [1.29, 1.82) is 0 Å². The van der Waals surface area contributed by atoms with Crippen LogP contribution in [-0.4, -0.2) is 36.1 Å². The summed E-state index contributed by atoms with van der Waals surface area (Å²) in [5.74, 6) is 5.53. The third kappa shape index (κ3) is 2.76. The van der Waals surface area contributed by atoms with Gasteiger partial charge in [-0.05, 0) is 43.5 Å². The molecule has 114 valence electrons. The Labute approximate surface area is 125 Å². The number of ether oxygens (including phenoxy) is 1. The minimum atomic E-state index is 0.122. The van der Waals surface area contributed by atoms with Crippen molar-refractivity contribution in [3.05, 3.63) is 29.3 Å². The van der Waals surface area contributed by atoms with E-state index in [1.165, 1.54) is 12.8 Å². The number of rotatable bonds is 2. The lowest BCUT2D eigenvalue weighted by Crippen LogP contribution is -2.54. The van der Waals surface area contributed by atoms with Gasteiger partial charge < -0.3 is 15.1 Å². The second-order valence-corrected chi connectivity index (χ2v) is 5.93. The van der Waals surface area contributed by atoms with Gasteiger partial charge in [0.15, 0.2) is 0 Å². The van der Waals surface area contributed by atoms with Gasteiger partial charge >= 0.3 is 0 Å². The van der Waals surface area contributed by atoms with Gasteiger partial charge in [-0.15, -0.1) is 0 Å². The van der Waals surface area contributed by atoms with Crippen LogP contribution < -0.4 is 11.3 Å². The number of nitrogens with two attached hydrogens (primary N) is 1. The summed E-state index contributed by atoms with van der Waals surface area (Å²) >= 11 is 0. The van der Waals surface area contributed by atoms with E-state index >= 15 is 0 Å². The zero-order valence-electron chi connectivity index (χ0n) is 12.5. The normalized spacial score (nSPS) is 25.3. The maximum atomic E-state index is 12.9. The monoisotopic (exact) mass is 289 g/mol. The van der Waals surface area contributed by atoms with E-state index in [1.54, 1.807) is 0 Å². The summed E-state index contributed by atoms with van der Waals surface area (Å²) in [5.41, 5.74) is 5.15. The number of anilines is 1. The van der Waals surface area contributed by atoms with Crippen molar-refractivity contribution >= 4 is 11.6 Å². The maximum absolute atomic E-state index is 12.9. The van der Waals surface area contributed by atoms with E-state index in [-0.39, 0.29) is 18.1 Å². The molecule has 3 rings (SSSR count). The summed E-state index contributed by atoms with van der Waals surface area (Å²) in [5, 5.41) is 0. The predicted octanol–water partition coefficient (Wildman–Crippen LogP) is 2.06. The molecule has 0 aromatic heterocycles. The summed E-state index contributed by atoms with van der Waals surface area (Å²) in [6.45, 7) is 3.29. The van der Waals surface area contributed by atoms with Crippen LogP contribution in [0.3, 0.4) is 0 Å². The Morgan fingerprint density at radius 1 is 1.38 bits per heavy atom. The minimum absolute atomic E-state index is 0.122. The zero-order valence-corrected chi connectivity index (χ0v) is 12.5. The van der Waals surface area contributed by atoms with Crippen molar-refractivity contribution in [3.8, 4) is 0 Å². The molecule has 1 saturated heterocycles. The van der Waals surface area contributed by atoms with E-state index in [9.17, 15) is 4.79 Å². The Morgan fingerprint density at radius 2 is 2.19 bits per heavy atom. The first-order valence-corrected chi connectivity index (χ1v) is 7.70. The van der Waals surface area contributed by atoms with Gasteiger partial charge in [-0.25, -0.2) is 0 Å². The van der Waals surface area contributed by atoms with E-state index in [4.69, 9.17) is 10.6 Å². The molecule has 1 saturated carbocycles. The molecule has 2 fully saturated rings. The lowest BCUT2D eigenvalue weighted by atomic mass is 9.89. The molecule has 2 atom stereocenters. The van der Waals surface area contributed by atoms with Gasteiger partial charge in [0, 0.05) is 17.8 Å². The highest BCUT2D eigenvalue weighted by Gasteiger charge is 2.37. The third-order valence-electron chi connectivity index (χ3n) is 4.62. The number of nitrogens with one attached hydrogen (secondary N) is 1. The van der Waals surface area contributed by atoms with E-state index in [2.05, 4.69) is 5.43 Å². The number of nitrogens with zero attached hydrogens (tertiary/aromatic N) is 1. The molecule has 1 aliphatic carbocycles. The second-order valence-electron chi connectivity index (χ2n) is 5.93. The van der Waals surface area contributed by atoms with Crippen LogP contribution in [0, 0.1) is 6.92 Å². The van der Waals surface area contributed by atoms with E-state index < -0.39 is 0 Å². The minimum Gasteiger partial charge on any atom is -0.374 e. The van der Waals surface area contributed by atoms with Crippen LogP contribution in [0.2, 0.25) is 0 Å². The fourth-order valence-electron chi connectivity index (χ4n) is 3.50. The molecule has 0 radical (unpaired) electrons. The highest BCUT2D eigenvalue weighted by molar-refractivity contribution is 5.96. The first-order valence-electron chi connectivity index (χ1n) is 7.70. The zero-order chi connectivity index (χ0) is 14.8. The molecule has 3 N–H and O–H groups in total. The maximum Gasteiger partial charge on any atom is 0.254 e. The number of hydrogen-bond acceptors (Lipinski definition) is 4.